The normalized spacial score (nSPS) is 12.6. The minimum Gasteiger partial charge on any atom is -0.444 e. The number of hydrogen-bond donors (Lipinski definition) is 2. The molecule has 0 saturated heterocycles. The van der Waals surface area contributed by atoms with E-state index in [1.54, 1.807) is 7.11 Å². The molecule has 130 valence electrons. The van der Waals surface area contributed by atoms with Gasteiger partial charge in [-0.3, -0.25) is 0 Å². The zero-order valence-electron chi connectivity index (χ0n) is 14.3. The zero-order valence-corrected chi connectivity index (χ0v) is 16.5. The highest BCUT2D eigenvalue weighted by atomic mass is 127. The number of carbonyl (C=O) groups excluding carboxylic acids is 1. The van der Waals surface area contributed by atoms with Crippen LogP contribution < -0.4 is 10.6 Å². The van der Waals surface area contributed by atoms with Crippen LogP contribution in [0.2, 0.25) is 0 Å². The van der Waals surface area contributed by atoms with Crippen molar-refractivity contribution in [2.45, 2.75) is 45.3 Å². The molecule has 1 atom stereocenters. The molecule has 1 aromatic carbocycles. The Morgan fingerprint density at radius 3 is 2.48 bits per heavy atom. The first kappa shape index (κ1) is 20.0. The van der Waals surface area contributed by atoms with Crippen LogP contribution in [0.3, 0.4) is 0 Å². The van der Waals surface area contributed by atoms with Gasteiger partial charge in [-0.1, -0.05) is 0 Å². The van der Waals surface area contributed by atoms with Crippen LogP contribution in [0.25, 0.3) is 0 Å². The van der Waals surface area contributed by atoms with E-state index in [0.717, 1.165) is 18.5 Å². The molecule has 0 saturated carbocycles. The second kappa shape index (κ2) is 9.97. The molecule has 0 aromatic heterocycles. The minimum absolute atomic E-state index is 0.209. The number of nitrogens with one attached hydrogen (secondary N) is 2. The second-order valence-corrected chi connectivity index (χ2v) is 7.62. The number of hydrogen-bond acceptors (Lipinski definition) is 4. The molecule has 6 heteroatoms. The summed E-state index contributed by atoms with van der Waals surface area (Å²) >= 11 is 2.29. The third kappa shape index (κ3) is 9.65. The van der Waals surface area contributed by atoms with E-state index in [1.807, 2.05) is 20.8 Å². The Hall–Kier alpha value is -1.02. The molecule has 0 aliphatic rings. The van der Waals surface area contributed by atoms with Crippen LogP contribution in [-0.4, -0.2) is 38.0 Å². The van der Waals surface area contributed by atoms with Gasteiger partial charge in [0.2, 0.25) is 0 Å². The predicted octanol–water partition coefficient (Wildman–Crippen LogP) is 4.02. The van der Waals surface area contributed by atoms with Crippen molar-refractivity contribution in [1.29, 1.82) is 0 Å². The largest absolute Gasteiger partial charge is 0.444 e. The molecule has 0 heterocycles. The average Bonchev–Trinajstić information content (AvgIpc) is 2.44. The van der Waals surface area contributed by atoms with Crippen LogP contribution in [0.1, 0.15) is 33.6 Å². The summed E-state index contributed by atoms with van der Waals surface area (Å²) < 4.78 is 11.7. The molecule has 0 bridgehead atoms. The molecule has 1 rings (SSSR count). The van der Waals surface area contributed by atoms with Crippen molar-refractivity contribution in [3.63, 3.8) is 0 Å². The number of benzene rings is 1. The van der Waals surface area contributed by atoms with Gasteiger partial charge < -0.3 is 20.1 Å². The second-order valence-electron chi connectivity index (χ2n) is 6.37. The van der Waals surface area contributed by atoms with Gasteiger partial charge in [0, 0.05) is 29.0 Å². The third-order valence-corrected chi connectivity index (χ3v) is 3.70. The van der Waals surface area contributed by atoms with Gasteiger partial charge >= 0.3 is 6.09 Å². The maximum atomic E-state index is 11.6. The Balaban J connectivity index is 2.33. The Bertz CT molecular complexity index is 472. The zero-order chi connectivity index (χ0) is 17.3. The lowest BCUT2D eigenvalue weighted by Crippen LogP contribution is -2.33. The Morgan fingerprint density at radius 2 is 1.91 bits per heavy atom. The summed E-state index contributed by atoms with van der Waals surface area (Å²) in [4.78, 5) is 11.6. The summed E-state index contributed by atoms with van der Waals surface area (Å²) in [7, 11) is 1.70. The SMILES string of the molecule is COCC(CCCNC(=O)OC(C)(C)C)Nc1ccc(I)cc1. The van der Waals surface area contributed by atoms with Crippen molar-refractivity contribution in [3.05, 3.63) is 27.8 Å². The van der Waals surface area contributed by atoms with Crippen molar-refractivity contribution in [3.8, 4) is 0 Å². The van der Waals surface area contributed by atoms with Crippen LogP contribution in [0.4, 0.5) is 10.5 Å². The summed E-state index contributed by atoms with van der Waals surface area (Å²) in [5.74, 6) is 0. The smallest absolute Gasteiger partial charge is 0.407 e. The summed E-state index contributed by atoms with van der Waals surface area (Å²) in [6.45, 7) is 6.77. The number of anilines is 1. The summed E-state index contributed by atoms with van der Waals surface area (Å²) in [5.41, 5.74) is 0.613. The van der Waals surface area contributed by atoms with Crippen LogP contribution in [0, 0.1) is 3.57 Å². The predicted molar refractivity (Wildman–Crippen MR) is 102 cm³/mol. The fourth-order valence-corrected chi connectivity index (χ4v) is 2.39. The highest BCUT2D eigenvalue weighted by molar-refractivity contribution is 14.1. The average molecular weight is 434 g/mol. The van der Waals surface area contributed by atoms with Crippen molar-refractivity contribution in [2.24, 2.45) is 0 Å². The van der Waals surface area contributed by atoms with Gasteiger partial charge in [-0.05, 0) is 80.5 Å². The number of carbonyl (C=O) groups is 1. The van der Waals surface area contributed by atoms with Crippen molar-refractivity contribution >= 4 is 34.4 Å². The maximum absolute atomic E-state index is 11.6. The molecule has 0 aliphatic carbocycles. The lowest BCUT2D eigenvalue weighted by Gasteiger charge is -2.21. The van der Waals surface area contributed by atoms with Gasteiger partial charge in [-0.15, -0.1) is 0 Å². The van der Waals surface area contributed by atoms with E-state index in [1.165, 1.54) is 3.57 Å². The fraction of sp³-hybridized carbons (Fsp3) is 0.588. The molecule has 0 spiro atoms. The standard InChI is InChI=1S/C17H27IN2O3/c1-17(2,3)23-16(21)19-11-5-6-15(12-22-4)20-14-9-7-13(18)8-10-14/h7-10,15,20H,5-6,11-12H2,1-4H3,(H,19,21). The van der Waals surface area contributed by atoms with E-state index >= 15 is 0 Å². The molecule has 2 N–H and O–H groups in total. The summed E-state index contributed by atoms with van der Waals surface area (Å²) in [5, 5.41) is 6.24. The van der Waals surface area contributed by atoms with E-state index < -0.39 is 5.60 Å². The minimum atomic E-state index is -0.463. The van der Waals surface area contributed by atoms with Crippen molar-refractivity contribution < 1.29 is 14.3 Å². The van der Waals surface area contributed by atoms with Gasteiger partial charge in [0.1, 0.15) is 5.60 Å². The van der Waals surface area contributed by atoms with Crippen molar-refractivity contribution in [2.75, 3.05) is 25.6 Å². The van der Waals surface area contributed by atoms with E-state index in [9.17, 15) is 4.79 Å². The van der Waals surface area contributed by atoms with E-state index in [2.05, 4.69) is 57.5 Å². The lowest BCUT2D eigenvalue weighted by molar-refractivity contribution is 0.0526. The van der Waals surface area contributed by atoms with Crippen LogP contribution in [0.5, 0.6) is 0 Å². The first-order valence-electron chi connectivity index (χ1n) is 7.78. The number of rotatable bonds is 8. The highest BCUT2D eigenvalue weighted by Gasteiger charge is 2.15. The lowest BCUT2D eigenvalue weighted by atomic mass is 10.1. The first-order valence-corrected chi connectivity index (χ1v) is 8.86. The third-order valence-electron chi connectivity index (χ3n) is 2.98. The topological polar surface area (TPSA) is 59.6 Å². The van der Waals surface area contributed by atoms with Gasteiger partial charge in [-0.2, -0.15) is 0 Å². The molecule has 23 heavy (non-hydrogen) atoms. The Morgan fingerprint density at radius 1 is 1.26 bits per heavy atom. The summed E-state index contributed by atoms with van der Waals surface area (Å²) in [6.07, 6.45) is 1.38. The highest BCUT2D eigenvalue weighted by Crippen LogP contribution is 2.14. The maximum Gasteiger partial charge on any atom is 0.407 e. The molecule has 1 unspecified atom stereocenters. The van der Waals surface area contributed by atoms with Crippen LogP contribution in [-0.2, 0) is 9.47 Å². The van der Waals surface area contributed by atoms with E-state index in [-0.39, 0.29) is 12.1 Å². The van der Waals surface area contributed by atoms with Gasteiger partial charge in [-0.25, -0.2) is 4.79 Å². The number of methoxy groups -OCH3 is 1. The Labute approximate surface area is 152 Å². The molecule has 5 nitrogen and oxygen atoms in total. The molecule has 0 fully saturated rings. The first-order chi connectivity index (χ1) is 10.8. The molecule has 1 aromatic rings. The number of amides is 1. The molecule has 1 amide bonds. The van der Waals surface area contributed by atoms with E-state index in [4.69, 9.17) is 9.47 Å². The van der Waals surface area contributed by atoms with Crippen LogP contribution >= 0.6 is 22.6 Å². The molecule has 0 radical (unpaired) electrons. The van der Waals surface area contributed by atoms with Crippen LogP contribution in [0.15, 0.2) is 24.3 Å². The van der Waals surface area contributed by atoms with Gasteiger partial charge in [0.05, 0.1) is 6.61 Å². The van der Waals surface area contributed by atoms with Gasteiger partial charge in [0.25, 0.3) is 0 Å². The van der Waals surface area contributed by atoms with Crippen molar-refractivity contribution in [1.82, 2.24) is 5.32 Å². The molecule has 0 aliphatic heterocycles. The number of alkyl carbamates (subject to hydrolysis) is 1. The number of halogens is 1. The fourth-order valence-electron chi connectivity index (χ4n) is 2.03. The Kier molecular flexibility index (Phi) is 8.68. The molecular weight excluding hydrogens is 407 g/mol. The monoisotopic (exact) mass is 434 g/mol. The van der Waals surface area contributed by atoms with Gasteiger partial charge in [0.15, 0.2) is 0 Å². The number of ether oxygens (including phenoxy) is 2. The molecular formula is C17H27IN2O3. The summed E-state index contributed by atoms with van der Waals surface area (Å²) in [6, 6.07) is 8.46. The van der Waals surface area contributed by atoms with E-state index in [0.29, 0.717) is 13.2 Å². The quantitative estimate of drug-likeness (QED) is 0.480.